The van der Waals surface area contributed by atoms with Gasteiger partial charge in [-0.3, -0.25) is 0 Å². The van der Waals surface area contributed by atoms with Gasteiger partial charge in [0.1, 0.15) is 5.75 Å². The van der Waals surface area contributed by atoms with E-state index in [9.17, 15) is 9.90 Å². The van der Waals surface area contributed by atoms with E-state index in [-0.39, 0.29) is 5.75 Å². The fraction of sp³-hybridized carbons (Fsp3) is 0.118. The summed E-state index contributed by atoms with van der Waals surface area (Å²) in [5.74, 6) is -0.258. The lowest BCUT2D eigenvalue weighted by Crippen LogP contribution is -2.06. The molecule has 0 atom stereocenters. The van der Waals surface area contributed by atoms with Crippen molar-refractivity contribution in [2.75, 3.05) is 6.61 Å². The number of carbonyl (C=O) groups excluding carboxylic acids is 1. The molecule has 0 unspecified atom stereocenters. The van der Waals surface area contributed by atoms with Crippen molar-refractivity contribution in [3.63, 3.8) is 0 Å². The lowest BCUT2D eigenvalue weighted by atomic mass is 10.0. The van der Waals surface area contributed by atoms with Gasteiger partial charge >= 0.3 is 5.97 Å². The van der Waals surface area contributed by atoms with Gasteiger partial charge in [-0.15, -0.1) is 0 Å². The molecule has 1 N–H and O–H groups in total. The molecule has 0 radical (unpaired) electrons. The summed E-state index contributed by atoms with van der Waals surface area (Å²) in [5.41, 5.74) is 1.95. The Morgan fingerprint density at radius 3 is 2.33 bits per heavy atom. The van der Waals surface area contributed by atoms with E-state index in [4.69, 9.17) is 16.3 Å². The van der Waals surface area contributed by atoms with E-state index in [1.807, 2.05) is 12.1 Å². The topological polar surface area (TPSA) is 46.5 Å². The quantitative estimate of drug-likeness (QED) is 0.524. The molecular weight excluding hydrogens is 288 g/mol. The molecule has 0 heterocycles. The summed E-state index contributed by atoms with van der Waals surface area (Å²) in [4.78, 5) is 12.1. The minimum Gasteiger partial charge on any atom is -0.508 e. The molecule has 4 heteroatoms. The molecule has 0 saturated heterocycles. The van der Waals surface area contributed by atoms with Gasteiger partial charge in [-0.2, -0.15) is 0 Å². The van der Waals surface area contributed by atoms with Crippen LogP contribution in [0.4, 0.5) is 0 Å². The van der Waals surface area contributed by atoms with Crippen molar-refractivity contribution in [3.8, 4) is 5.75 Å². The molecule has 0 spiro atoms. The van der Waals surface area contributed by atoms with Gasteiger partial charge in [-0.1, -0.05) is 35.9 Å². The third-order valence-electron chi connectivity index (χ3n) is 2.85. The zero-order valence-corrected chi connectivity index (χ0v) is 12.3. The molecule has 0 aliphatic carbocycles. The van der Waals surface area contributed by atoms with Crippen LogP contribution in [0.1, 0.15) is 18.1 Å². The summed E-state index contributed by atoms with van der Waals surface area (Å²) >= 11 is 5.85. The van der Waals surface area contributed by atoms with Gasteiger partial charge in [-0.05, 0) is 48.4 Å². The number of rotatable bonds is 4. The van der Waals surface area contributed by atoms with E-state index in [0.717, 1.165) is 5.56 Å². The number of ether oxygens (including phenoxy) is 1. The molecule has 0 aromatic heterocycles. The normalized spacial score (nSPS) is 11.2. The molecule has 3 nitrogen and oxygen atoms in total. The summed E-state index contributed by atoms with van der Waals surface area (Å²) in [7, 11) is 0. The Morgan fingerprint density at radius 1 is 1.14 bits per heavy atom. The van der Waals surface area contributed by atoms with E-state index in [1.165, 1.54) is 12.1 Å². The van der Waals surface area contributed by atoms with Crippen molar-refractivity contribution in [2.24, 2.45) is 0 Å². The third-order valence-corrected chi connectivity index (χ3v) is 3.11. The highest BCUT2D eigenvalue weighted by Gasteiger charge is 2.13. The second kappa shape index (κ2) is 6.95. The van der Waals surface area contributed by atoms with E-state index in [1.54, 1.807) is 37.3 Å². The third kappa shape index (κ3) is 4.10. The van der Waals surface area contributed by atoms with Crippen molar-refractivity contribution in [1.82, 2.24) is 0 Å². The van der Waals surface area contributed by atoms with Crippen LogP contribution in [0, 0.1) is 0 Å². The number of hydrogen-bond acceptors (Lipinski definition) is 3. The van der Waals surface area contributed by atoms with Crippen LogP contribution in [0.15, 0.2) is 48.5 Å². The van der Waals surface area contributed by atoms with Gasteiger partial charge < -0.3 is 9.84 Å². The molecule has 0 amide bonds. The molecule has 0 aliphatic heterocycles. The van der Waals surface area contributed by atoms with Crippen LogP contribution in [0.3, 0.4) is 0 Å². The molecule has 0 fully saturated rings. The van der Waals surface area contributed by atoms with Crippen LogP contribution in [0.2, 0.25) is 5.02 Å². The second-order valence-electron chi connectivity index (χ2n) is 4.38. The number of phenolic OH excluding ortho intramolecular Hbond substituents is 1. The number of halogens is 1. The van der Waals surface area contributed by atoms with Crippen molar-refractivity contribution in [2.45, 2.75) is 6.92 Å². The molecule has 108 valence electrons. The van der Waals surface area contributed by atoms with Crippen LogP contribution < -0.4 is 0 Å². The summed E-state index contributed by atoms with van der Waals surface area (Å²) in [6.07, 6.45) is 1.74. The molecule has 21 heavy (non-hydrogen) atoms. The molecular formula is C17H15ClO3. The van der Waals surface area contributed by atoms with Gasteiger partial charge in [-0.25, -0.2) is 4.79 Å². The van der Waals surface area contributed by atoms with Crippen LogP contribution >= 0.6 is 11.6 Å². The van der Waals surface area contributed by atoms with E-state index >= 15 is 0 Å². The van der Waals surface area contributed by atoms with E-state index in [0.29, 0.717) is 22.8 Å². The van der Waals surface area contributed by atoms with Gasteiger partial charge in [0.2, 0.25) is 0 Å². The van der Waals surface area contributed by atoms with E-state index < -0.39 is 5.97 Å². The smallest absolute Gasteiger partial charge is 0.338 e. The summed E-state index contributed by atoms with van der Waals surface area (Å²) in [6, 6.07) is 13.6. The Bertz CT molecular complexity index is 643. The minimum absolute atomic E-state index is 0.147. The number of esters is 1. The molecule has 2 aromatic rings. The molecule has 0 aliphatic rings. The highest BCUT2D eigenvalue weighted by Crippen LogP contribution is 2.23. The Kier molecular flexibility index (Phi) is 5.01. The second-order valence-corrected chi connectivity index (χ2v) is 4.81. The molecule has 0 saturated carbocycles. The van der Waals surface area contributed by atoms with Crippen LogP contribution in [-0.4, -0.2) is 17.7 Å². The number of carbonyl (C=O) groups is 1. The maximum absolute atomic E-state index is 12.1. The predicted octanol–water partition coefficient (Wildman–Crippen LogP) is 4.15. The lowest BCUT2D eigenvalue weighted by molar-refractivity contribution is -0.136. The fourth-order valence-corrected chi connectivity index (χ4v) is 1.96. The van der Waals surface area contributed by atoms with Crippen LogP contribution in [-0.2, 0) is 9.53 Å². The molecule has 2 aromatic carbocycles. The first-order valence-corrected chi connectivity index (χ1v) is 6.91. The summed E-state index contributed by atoms with van der Waals surface area (Å²) < 4.78 is 5.09. The van der Waals surface area contributed by atoms with Gasteiger partial charge in [0.05, 0.1) is 12.2 Å². The highest BCUT2D eigenvalue weighted by atomic mass is 35.5. The lowest BCUT2D eigenvalue weighted by Gasteiger charge is -2.08. The van der Waals surface area contributed by atoms with E-state index in [2.05, 4.69) is 0 Å². The van der Waals surface area contributed by atoms with Crippen molar-refractivity contribution >= 4 is 29.2 Å². The number of aromatic hydroxyl groups is 1. The number of benzene rings is 2. The van der Waals surface area contributed by atoms with Crippen LogP contribution in [0.5, 0.6) is 5.75 Å². The Balaban J connectivity index is 2.42. The fourth-order valence-electron chi connectivity index (χ4n) is 1.84. The van der Waals surface area contributed by atoms with Gasteiger partial charge in [0.15, 0.2) is 0 Å². The monoisotopic (exact) mass is 302 g/mol. The molecule has 2 rings (SSSR count). The number of hydrogen-bond donors (Lipinski definition) is 1. The van der Waals surface area contributed by atoms with Gasteiger partial charge in [0.25, 0.3) is 0 Å². The zero-order valence-electron chi connectivity index (χ0n) is 11.5. The molecule has 0 bridgehead atoms. The minimum atomic E-state index is -0.405. The van der Waals surface area contributed by atoms with Crippen molar-refractivity contribution < 1.29 is 14.6 Å². The number of phenols is 1. The maximum Gasteiger partial charge on any atom is 0.338 e. The highest BCUT2D eigenvalue weighted by molar-refractivity contribution is 6.30. The first-order valence-electron chi connectivity index (χ1n) is 6.54. The Morgan fingerprint density at radius 2 is 1.76 bits per heavy atom. The Hall–Kier alpha value is -2.26. The van der Waals surface area contributed by atoms with Crippen molar-refractivity contribution in [3.05, 3.63) is 64.7 Å². The summed E-state index contributed by atoms with van der Waals surface area (Å²) in [6.45, 7) is 2.06. The van der Waals surface area contributed by atoms with Crippen LogP contribution in [0.25, 0.3) is 11.6 Å². The first kappa shape index (κ1) is 15.1. The Labute approximate surface area is 128 Å². The first-order chi connectivity index (χ1) is 10.1. The van der Waals surface area contributed by atoms with Gasteiger partial charge in [0, 0.05) is 5.02 Å². The predicted molar refractivity (Wildman–Crippen MR) is 84.1 cm³/mol. The van der Waals surface area contributed by atoms with Crippen molar-refractivity contribution in [1.29, 1.82) is 0 Å². The SMILES string of the molecule is CCOC(=O)C(=Cc1ccc(Cl)cc1)c1ccc(O)cc1. The standard InChI is InChI=1S/C17H15ClO3/c1-2-21-17(20)16(13-5-9-15(19)10-6-13)11-12-3-7-14(18)8-4-12/h3-11,19H,2H2,1H3. The largest absolute Gasteiger partial charge is 0.508 e. The average Bonchev–Trinajstić information content (AvgIpc) is 2.48. The maximum atomic E-state index is 12.1. The summed E-state index contributed by atoms with van der Waals surface area (Å²) in [5, 5.41) is 9.98. The zero-order chi connectivity index (χ0) is 15.2. The average molecular weight is 303 g/mol.